The lowest BCUT2D eigenvalue weighted by atomic mass is 10.00. The maximum Gasteiger partial charge on any atom is 0.480 e. The normalized spacial score (nSPS) is 23.8. The maximum atomic E-state index is 11.4. The molecule has 6 nitrogen and oxygen atoms in total. The van der Waals surface area contributed by atoms with E-state index in [1.54, 1.807) is 4.90 Å². The summed E-state index contributed by atoms with van der Waals surface area (Å²) >= 11 is 0. The molecule has 1 N–H and O–H groups in total. The second-order valence-corrected chi connectivity index (χ2v) is 8.48. The monoisotopic (exact) mass is 394 g/mol. The number of halogens is 6. The fourth-order valence-electron chi connectivity index (χ4n) is 1.47. The molecule has 0 saturated carbocycles. The van der Waals surface area contributed by atoms with Crippen molar-refractivity contribution in [2.45, 2.75) is 30.8 Å². The van der Waals surface area contributed by atoms with Crippen LogP contribution in [0.1, 0.15) is 19.8 Å². The number of piperidine rings is 1. The summed E-state index contributed by atoms with van der Waals surface area (Å²) in [5.41, 5.74) is -12.4. The Bertz CT molecular complexity index is 524. The number of hydrogen-bond donors (Lipinski definition) is 1. The zero-order valence-electron chi connectivity index (χ0n) is 12.1. The van der Waals surface area contributed by atoms with E-state index in [2.05, 4.69) is 14.0 Å². The van der Waals surface area contributed by atoms with Crippen LogP contribution in [0, 0.1) is 5.92 Å². The Hall–Kier alpha value is -0.600. The van der Waals surface area contributed by atoms with Gasteiger partial charge < -0.3 is 9.03 Å². The maximum absolute atomic E-state index is 11.4. The standard InChI is InChI=1S/C7H15N.C2F6NO4S2/c1-7-3-5-8(2)6-4-7;3-1(4,5)14(10,11)9-15(12,13)2(6,7)8/h7H,3-6H2,1-2H3;/q;-1/p+1. The summed E-state index contributed by atoms with van der Waals surface area (Å²) < 4.78 is 109. The van der Waals surface area contributed by atoms with Gasteiger partial charge in [-0.1, -0.05) is 6.92 Å². The lowest BCUT2D eigenvalue weighted by Gasteiger charge is -2.23. The van der Waals surface area contributed by atoms with Gasteiger partial charge in [0.2, 0.25) is 0 Å². The lowest BCUT2D eigenvalue weighted by Crippen LogP contribution is -3.10. The van der Waals surface area contributed by atoms with Gasteiger partial charge in [-0.2, -0.15) is 26.3 Å². The number of rotatable bonds is 2. The van der Waals surface area contributed by atoms with Crippen LogP contribution in [0.15, 0.2) is 0 Å². The van der Waals surface area contributed by atoms with Crippen LogP contribution in [0.3, 0.4) is 0 Å². The third kappa shape index (κ3) is 7.22. The predicted octanol–water partition coefficient (Wildman–Crippen LogP) is 0.990. The molecule has 0 aromatic heterocycles. The summed E-state index contributed by atoms with van der Waals surface area (Å²) in [6.45, 7) is 5.13. The highest BCUT2D eigenvalue weighted by Gasteiger charge is 2.46. The number of nitrogens with one attached hydrogen (secondary N) is 1. The number of quaternary nitrogens is 1. The molecule has 1 rings (SSSR count). The molecule has 14 heteroatoms. The Morgan fingerprint density at radius 3 is 1.39 bits per heavy atom. The van der Waals surface area contributed by atoms with E-state index in [0.717, 1.165) is 10.0 Å². The van der Waals surface area contributed by atoms with Gasteiger partial charge >= 0.3 is 11.0 Å². The van der Waals surface area contributed by atoms with E-state index in [9.17, 15) is 43.2 Å². The van der Waals surface area contributed by atoms with Crippen molar-refractivity contribution in [3.63, 3.8) is 0 Å². The largest absolute Gasteiger partial charge is 0.480 e. The second-order valence-electron chi connectivity index (χ2n) is 5.06. The molecular formula is C9H16F6N2O4S2. The highest BCUT2D eigenvalue weighted by Crippen LogP contribution is 2.36. The summed E-state index contributed by atoms with van der Waals surface area (Å²) in [7, 11) is -11.2. The summed E-state index contributed by atoms with van der Waals surface area (Å²) in [6, 6.07) is 0. The van der Waals surface area contributed by atoms with Gasteiger partial charge in [0.1, 0.15) is 0 Å². The topological polar surface area (TPSA) is 86.8 Å². The number of alkyl halides is 6. The first-order chi connectivity index (χ1) is 9.99. The zero-order valence-corrected chi connectivity index (χ0v) is 13.7. The van der Waals surface area contributed by atoms with Crippen molar-refractivity contribution >= 4 is 20.0 Å². The Labute approximate surface area is 129 Å². The van der Waals surface area contributed by atoms with E-state index >= 15 is 0 Å². The second kappa shape index (κ2) is 7.53. The van der Waals surface area contributed by atoms with E-state index in [1.807, 2.05) is 0 Å². The third-order valence-electron chi connectivity index (χ3n) is 2.91. The van der Waals surface area contributed by atoms with Crippen LogP contribution in [-0.4, -0.2) is 48.0 Å². The van der Waals surface area contributed by atoms with Crippen molar-refractivity contribution in [1.82, 2.24) is 0 Å². The smallest absolute Gasteiger partial charge is 0.421 e. The zero-order chi connectivity index (χ0) is 18.7. The van der Waals surface area contributed by atoms with Gasteiger partial charge in [0.25, 0.3) is 0 Å². The molecule has 1 aliphatic rings. The van der Waals surface area contributed by atoms with Crippen LogP contribution in [0.5, 0.6) is 0 Å². The Morgan fingerprint density at radius 2 is 1.17 bits per heavy atom. The highest BCUT2D eigenvalue weighted by atomic mass is 32.3. The Morgan fingerprint density at radius 1 is 0.870 bits per heavy atom. The van der Waals surface area contributed by atoms with E-state index < -0.39 is 31.1 Å². The average Bonchev–Trinajstić information content (AvgIpc) is 2.29. The molecule has 0 aromatic rings. The Balaban J connectivity index is 0.000000502. The van der Waals surface area contributed by atoms with Crippen LogP contribution >= 0.6 is 0 Å². The first-order valence-corrected chi connectivity index (χ1v) is 9.06. The first-order valence-electron chi connectivity index (χ1n) is 6.17. The van der Waals surface area contributed by atoms with Gasteiger partial charge in [0, 0.05) is 0 Å². The minimum absolute atomic E-state index is 0.778. The van der Waals surface area contributed by atoms with Crippen molar-refractivity contribution in [3.05, 3.63) is 4.13 Å². The molecule has 0 aromatic carbocycles. The van der Waals surface area contributed by atoms with E-state index in [4.69, 9.17) is 0 Å². The van der Waals surface area contributed by atoms with Gasteiger partial charge in [0.05, 0.1) is 20.1 Å². The van der Waals surface area contributed by atoms with Crippen LogP contribution in [-0.2, 0) is 20.0 Å². The van der Waals surface area contributed by atoms with Gasteiger partial charge in [-0.3, -0.25) is 0 Å². The van der Waals surface area contributed by atoms with Gasteiger partial charge in [-0.05, 0) is 18.8 Å². The molecule has 0 atom stereocenters. The van der Waals surface area contributed by atoms with Crippen molar-refractivity contribution in [1.29, 1.82) is 0 Å². The fourth-order valence-corrected chi connectivity index (χ4v) is 3.18. The van der Waals surface area contributed by atoms with E-state index in [1.165, 1.54) is 25.9 Å². The minimum Gasteiger partial charge on any atom is -0.421 e. The summed E-state index contributed by atoms with van der Waals surface area (Å²) in [6.07, 6.45) is 2.87. The summed E-state index contributed by atoms with van der Waals surface area (Å²) in [4.78, 5) is 1.71. The SMILES string of the molecule is CC1CC[NH+](C)CC1.O=S(=O)([N-]S(=O)(=O)C(F)(F)F)C(F)(F)F. The third-order valence-corrected chi connectivity index (χ3v) is 5.65. The van der Waals surface area contributed by atoms with Gasteiger partial charge in [-0.25, -0.2) is 16.8 Å². The molecule has 1 fully saturated rings. The molecule has 1 aliphatic heterocycles. The van der Waals surface area contributed by atoms with Crippen LogP contribution in [0.4, 0.5) is 26.3 Å². The molecule has 0 bridgehead atoms. The molecule has 0 unspecified atom stereocenters. The fraction of sp³-hybridized carbons (Fsp3) is 1.00. The van der Waals surface area contributed by atoms with Crippen LogP contribution in [0.25, 0.3) is 4.13 Å². The predicted molar refractivity (Wildman–Crippen MR) is 68.3 cm³/mol. The van der Waals surface area contributed by atoms with Crippen molar-refractivity contribution in [2.24, 2.45) is 5.92 Å². The average molecular weight is 394 g/mol. The summed E-state index contributed by atoms with van der Waals surface area (Å²) in [5, 5.41) is 0. The number of sulfonamides is 2. The molecule has 1 heterocycles. The van der Waals surface area contributed by atoms with Crippen LogP contribution < -0.4 is 4.90 Å². The molecule has 1 saturated heterocycles. The Kier molecular flexibility index (Phi) is 7.33. The van der Waals surface area contributed by atoms with Crippen LogP contribution in [0.2, 0.25) is 0 Å². The number of nitrogens with zero attached hydrogens (tertiary/aromatic N) is 1. The summed E-state index contributed by atoms with van der Waals surface area (Å²) in [5.74, 6) is 0.999. The van der Waals surface area contributed by atoms with E-state index in [-0.39, 0.29) is 0 Å². The highest BCUT2D eigenvalue weighted by molar-refractivity contribution is 8.13. The first kappa shape index (κ1) is 22.4. The molecule has 23 heavy (non-hydrogen) atoms. The van der Waals surface area contributed by atoms with Gasteiger partial charge in [-0.15, -0.1) is 0 Å². The molecule has 0 spiro atoms. The minimum atomic E-state index is -6.72. The van der Waals surface area contributed by atoms with Crippen molar-refractivity contribution < 1.29 is 48.1 Å². The van der Waals surface area contributed by atoms with Crippen molar-refractivity contribution in [2.75, 3.05) is 20.1 Å². The number of likely N-dealkylation sites (tertiary alicyclic amines) is 1. The van der Waals surface area contributed by atoms with Crippen molar-refractivity contribution in [3.8, 4) is 0 Å². The molecular weight excluding hydrogens is 378 g/mol. The lowest BCUT2D eigenvalue weighted by molar-refractivity contribution is -0.885. The van der Waals surface area contributed by atoms with Gasteiger partial charge in [0.15, 0.2) is 20.0 Å². The molecule has 0 aliphatic carbocycles. The number of hydrogen-bond acceptors (Lipinski definition) is 4. The molecule has 0 amide bonds. The molecule has 140 valence electrons. The van der Waals surface area contributed by atoms with E-state index in [0.29, 0.717) is 0 Å². The molecule has 0 radical (unpaired) electrons. The quantitative estimate of drug-likeness (QED) is 0.708.